The molecule has 1 saturated heterocycles. The van der Waals surface area contributed by atoms with Crippen molar-refractivity contribution in [1.29, 1.82) is 0 Å². The van der Waals surface area contributed by atoms with Crippen LogP contribution in [0.25, 0.3) is 0 Å². The first kappa shape index (κ1) is 20.7. The fourth-order valence-corrected chi connectivity index (χ4v) is 3.91. The van der Waals surface area contributed by atoms with Crippen LogP contribution in [0, 0.1) is 5.92 Å². The summed E-state index contributed by atoms with van der Waals surface area (Å²) in [5.41, 5.74) is 2.57. The molecule has 1 aliphatic rings. The largest absolute Gasteiger partial charge is 0.460 e. The van der Waals surface area contributed by atoms with E-state index in [1.807, 2.05) is 24.3 Å². The maximum absolute atomic E-state index is 12.6. The summed E-state index contributed by atoms with van der Waals surface area (Å²) in [5.74, 6) is -0.641. The molecule has 0 aliphatic carbocycles. The predicted molar refractivity (Wildman–Crippen MR) is 112 cm³/mol. The fourth-order valence-electron chi connectivity index (χ4n) is 3.40. The molecule has 0 N–H and O–H groups in total. The number of benzene rings is 2. The highest BCUT2D eigenvalue weighted by Gasteiger charge is 2.37. The van der Waals surface area contributed by atoms with E-state index < -0.39 is 11.9 Å². The average molecular weight is 420 g/mol. The Bertz CT molecular complexity index is 864. The first-order chi connectivity index (χ1) is 13.4. The molecule has 0 saturated carbocycles. The zero-order chi connectivity index (χ0) is 20.3. The van der Waals surface area contributed by atoms with Crippen LogP contribution in [-0.2, 0) is 20.9 Å². The van der Waals surface area contributed by atoms with Crippen LogP contribution in [0.15, 0.2) is 42.5 Å². The summed E-state index contributed by atoms with van der Waals surface area (Å²) in [5, 5.41) is 0.902. The van der Waals surface area contributed by atoms with Crippen LogP contribution < -0.4 is 4.90 Å². The molecule has 0 aromatic heterocycles. The lowest BCUT2D eigenvalue weighted by molar-refractivity contribution is -0.149. The summed E-state index contributed by atoms with van der Waals surface area (Å²) in [6.07, 6.45) is 1.12. The number of nitrogens with zero attached hydrogens (tertiary/aromatic N) is 1. The summed E-state index contributed by atoms with van der Waals surface area (Å²) >= 11 is 12.2. The topological polar surface area (TPSA) is 46.6 Å². The van der Waals surface area contributed by atoms with Gasteiger partial charge in [0.05, 0.1) is 5.92 Å². The van der Waals surface area contributed by atoms with Gasteiger partial charge in [0.15, 0.2) is 0 Å². The normalized spacial score (nSPS) is 17.6. The Morgan fingerprint density at radius 1 is 1.18 bits per heavy atom. The number of rotatable bonds is 6. The molecule has 28 heavy (non-hydrogen) atoms. The second-order valence-electron chi connectivity index (χ2n) is 7.08. The van der Waals surface area contributed by atoms with E-state index in [1.54, 1.807) is 23.1 Å². The third-order valence-corrected chi connectivity index (χ3v) is 5.96. The van der Waals surface area contributed by atoms with E-state index in [4.69, 9.17) is 27.9 Å². The van der Waals surface area contributed by atoms with E-state index >= 15 is 0 Å². The molecule has 3 rings (SSSR count). The Morgan fingerprint density at radius 2 is 1.86 bits per heavy atom. The van der Waals surface area contributed by atoms with Crippen LogP contribution in [0.3, 0.4) is 0 Å². The van der Waals surface area contributed by atoms with Gasteiger partial charge in [-0.15, -0.1) is 0 Å². The van der Waals surface area contributed by atoms with Gasteiger partial charge in [0, 0.05) is 34.3 Å². The molecule has 0 radical (unpaired) electrons. The van der Waals surface area contributed by atoms with Crippen LogP contribution in [0.1, 0.15) is 43.7 Å². The Balaban J connectivity index is 1.70. The molecule has 1 heterocycles. The van der Waals surface area contributed by atoms with E-state index in [1.165, 1.54) is 0 Å². The van der Waals surface area contributed by atoms with Gasteiger partial charge >= 0.3 is 5.97 Å². The lowest BCUT2D eigenvalue weighted by atomic mass is 9.96. The lowest BCUT2D eigenvalue weighted by Gasteiger charge is -2.23. The number of amides is 1. The lowest BCUT2D eigenvalue weighted by Crippen LogP contribution is -2.27. The molecule has 1 fully saturated rings. The van der Waals surface area contributed by atoms with Crippen LogP contribution in [-0.4, -0.2) is 18.4 Å². The molecule has 0 unspecified atom stereocenters. The van der Waals surface area contributed by atoms with Crippen molar-refractivity contribution in [3.63, 3.8) is 0 Å². The number of anilines is 1. The molecule has 2 aromatic carbocycles. The Morgan fingerprint density at radius 3 is 2.54 bits per heavy atom. The minimum absolute atomic E-state index is 0.00845. The van der Waals surface area contributed by atoms with Crippen molar-refractivity contribution in [3.8, 4) is 0 Å². The summed E-state index contributed by atoms with van der Waals surface area (Å²) in [6.45, 7) is 4.57. The Kier molecular flexibility index (Phi) is 6.63. The molecular formula is C22H23Cl2NO3. The van der Waals surface area contributed by atoms with Gasteiger partial charge in [0.2, 0.25) is 5.91 Å². The number of carbonyl (C=O) groups excluding carboxylic acids is 2. The zero-order valence-electron chi connectivity index (χ0n) is 16.0. The maximum Gasteiger partial charge on any atom is 0.311 e. The zero-order valence-corrected chi connectivity index (χ0v) is 17.5. The van der Waals surface area contributed by atoms with Crippen molar-refractivity contribution < 1.29 is 14.3 Å². The van der Waals surface area contributed by atoms with Crippen molar-refractivity contribution >= 4 is 40.8 Å². The molecule has 1 aliphatic heterocycles. The summed E-state index contributed by atoms with van der Waals surface area (Å²) in [4.78, 5) is 26.9. The average Bonchev–Trinajstić information content (AvgIpc) is 3.08. The highest BCUT2D eigenvalue weighted by Crippen LogP contribution is 2.34. The van der Waals surface area contributed by atoms with Gasteiger partial charge < -0.3 is 9.64 Å². The second kappa shape index (κ2) is 8.97. The smallest absolute Gasteiger partial charge is 0.311 e. The first-order valence-corrected chi connectivity index (χ1v) is 10.2. The number of esters is 1. The van der Waals surface area contributed by atoms with Crippen LogP contribution in [0.4, 0.5) is 5.69 Å². The highest BCUT2D eigenvalue weighted by molar-refractivity contribution is 6.35. The van der Waals surface area contributed by atoms with Crippen LogP contribution >= 0.6 is 23.2 Å². The number of hydrogen-bond donors (Lipinski definition) is 0. The molecule has 2 atom stereocenters. The van der Waals surface area contributed by atoms with E-state index in [-0.39, 0.29) is 18.9 Å². The van der Waals surface area contributed by atoms with Crippen LogP contribution in [0.2, 0.25) is 10.0 Å². The Hall–Kier alpha value is -2.04. The summed E-state index contributed by atoms with van der Waals surface area (Å²) in [6, 6.07) is 13.0. The second-order valence-corrected chi connectivity index (χ2v) is 7.90. The van der Waals surface area contributed by atoms with E-state index in [2.05, 4.69) is 13.8 Å². The number of para-hydroxylation sites is 1. The summed E-state index contributed by atoms with van der Waals surface area (Å²) in [7, 11) is 0. The molecule has 4 nitrogen and oxygen atoms in total. The van der Waals surface area contributed by atoms with Crippen molar-refractivity contribution in [2.75, 3.05) is 11.4 Å². The fraction of sp³-hybridized carbons (Fsp3) is 0.364. The molecular weight excluding hydrogens is 397 g/mol. The molecule has 2 aromatic rings. The van der Waals surface area contributed by atoms with E-state index in [9.17, 15) is 9.59 Å². The maximum atomic E-state index is 12.6. The van der Waals surface area contributed by atoms with Gasteiger partial charge in [0.25, 0.3) is 0 Å². The summed E-state index contributed by atoms with van der Waals surface area (Å²) < 4.78 is 5.42. The molecule has 0 bridgehead atoms. The monoisotopic (exact) mass is 419 g/mol. The number of hydrogen-bond acceptors (Lipinski definition) is 3. The number of carbonyl (C=O) groups is 2. The number of halogens is 2. The highest BCUT2D eigenvalue weighted by atomic mass is 35.5. The van der Waals surface area contributed by atoms with Gasteiger partial charge in [0.1, 0.15) is 6.61 Å². The van der Waals surface area contributed by atoms with Gasteiger partial charge in [-0.25, -0.2) is 0 Å². The van der Waals surface area contributed by atoms with Gasteiger partial charge in [-0.2, -0.15) is 0 Å². The van der Waals surface area contributed by atoms with Crippen molar-refractivity contribution in [1.82, 2.24) is 0 Å². The van der Waals surface area contributed by atoms with E-state index in [0.717, 1.165) is 17.7 Å². The van der Waals surface area contributed by atoms with E-state index in [0.29, 0.717) is 28.1 Å². The van der Waals surface area contributed by atoms with Crippen molar-refractivity contribution in [3.05, 3.63) is 63.6 Å². The Labute approximate surface area is 175 Å². The molecule has 0 spiro atoms. The SMILES string of the molecule is CC[C@@H](C)c1ccccc1N1C[C@@H](C(=O)OCc2c(Cl)cccc2Cl)CC1=O. The standard InChI is InChI=1S/C22H23Cl2NO3/c1-3-14(2)16-7-4-5-10-20(16)25-12-15(11-21(25)26)22(27)28-13-17-18(23)8-6-9-19(17)24/h4-10,14-15H,3,11-13H2,1-2H3/t14-,15+/m1/s1. The molecule has 1 amide bonds. The minimum atomic E-state index is -0.501. The third kappa shape index (κ3) is 4.34. The molecule has 148 valence electrons. The van der Waals surface area contributed by atoms with Crippen molar-refractivity contribution in [2.24, 2.45) is 5.92 Å². The molecule has 6 heteroatoms. The van der Waals surface area contributed by atoms with Gasteiger partial charge in [-0.1, -0.05) is 61.3 Å². The van der Waals surface area contributed by atoms with Gasteiger partial charge in [-0.3, -0.25) is 9.59 Å². The predicted octanol–water partition coefficient (Wildman–Crippen LogP) is 5.60. The minimum Gasteiger partial charge on any atom is -0.460 e. The number of ether oxygens (including phenoxy) is 1. The first-order valence-electron chi connectivity index (χ1n) is 9.41. The quantitative estimate of drug-likeness (QED) is 0.572. The third-order valence-electron chi connectivity index (χ3n) is 5.25. The van der Waals surface area contributed by atoms with Crippen LogP contribution in [0.5, 0.6) is 0 Å². The van der Waals surface area contributed by atoms with Gasteiger partial charge in [-0.05, 0) is 36.1 Å². The van der Waals surface area contributed by atoms with Crippen molar-refractivity contribution in [2.45, 2.75) is 39.2 Å².